The lowest BCUT2D eigenvalue weighted by atomic mass is 10.2. The van der Waals surface area contributed by atoms with Crippen molar-refractivity contribution in [3.05, 3.63) is 57.7 Å². The monoisotopic (exact) mass is 534 g/mol. The molecule has 1 heterocycles. The molecule has 9 nitrogen and oxygen atoms in total. The number of carbonyl (C=O) groups excluding carboxylic acids is 1. The van der Waals surface area contributed by atoms with Crippen molar-refractivity contribution in [1.29, 1.82) is 0 Å². The van der Waals surface area contributed by atoms with E-state index in [0.29, 0.717) is 15.0 Å². The van der Waals surface area contributed by atoms with E-state index in [1.165, 1.54) is 30.3 Å². The number of halogens is 2. The lowest BCUT2D eigenvalue weighted by molar-refractivity contribution is 0.0993. The van der Waals surface area contributed by atoms with Gasteiger partial charge in [-0.05, 0) is 42.5 Å². The number of hydrogen-bond acceptors (Lipinski definition) is 5. The highest BCUT2D eigenvalue weighted by Gasteiger charge is 2.27. The third-order valence-corrected chi connectivity index (χ3v) is 7.83. The van der Waals surface area contributed by atoms with E-state index in [1.54, 1.807) is 12.1 Å². The van der Waals surface area contributed by atoms with E-state index >= 15 is 0 Å². The Balaban J connectivity index is 1.78. The van der Waals surface area contributed by atoms with Crippen molar-refractivity contribution in [2.75, 3.05) is 13.1 Å². The molecule has 5 N–H and O–H groups in total. The number of amides is 1. The van der Waals surface area contributed by atoms with E-state index in [1.807, 2.05) is 0 Å². The predicted octanol–water partition coefficient (Wildman–Crippen LogP) is 1.94. The molecule has 0 saturated carbocycles. The summed E-state index contributed by atoms with van der Waals surface area (Å²) in [6.07, 6.45) is 0. The first-order valence-electron chi connectivity index (χ1n) is 8.37. The van der Waals surface area contributed by atoms with Crippen LogP contribution in [0.15, 0.2) is 56.7 Å². The summed E-state index contributed by atoms with van der Waals surface area (Å²) in [5.74, 6) is -0.939. The Hall–Kier alpha value is -1.96. The molecule has 13 heteroatoms. The third kappa shape index (κ3) is 4.85. The number of fused-ring (bicyclic) bond motifs is 1. The second-order valence-electron chi connectivity index (χ2n) is 6.13. The average Bonchev–Trinajstić information content (AvgIpc) is 3.05. The number of rotatable bonds is 8. The van der Waals surface area contributed by atoms with Crippen molar-refractivity contribution < 1.29 is 21.6 Å². The number of carbonyl (C=O) groups is 1. The molecule has 0 fully saturated rings. The summed E-state index contributed by atoms with van der Waals surface area (Å²) < 4.78 is 55.3. The molecule has 0 saturated heterocycles. The molecule has 0 atom stereocenters. The fourth-order valence-corrected chi connectivity index (χ4v) is 5.64. The highest BCUT2D eigenvalue weighted by Crippen LogP contribution is 2.29. The predicted molar refractivity (Wildman–Crippen MR) is 116 cm³/mol. The van der Waals surface area contributed by atoms with Crippen LogP contribution >= 0.6 is 27.5 Å². The van der Waals surface area contributed by atoms with Crippen molar-refractivity contribution in [3.63, 3.8) is 0 Å². The number of nitrogens with one attached hydrogen (secondary N) is 3. The molecule has 0 aliphatic carbocycles. The van der Waals surface area contributed by atoms with Gasteiger partial charge in [0.25, 0.3) is 5.91 Å². The van der Waals surface area contributed by atoms with E-state index in [0.717, 1.165) is 0 Å². The molecule has 3 rings (SSSR count). The summed E-state index contributed by atoms with van der Waals surface area (Å²) in [5.41, 5.74) is 5.47. The molecular formula is C17H16BrClN4O5S2. The maximum atomic E-state index is 12.8. The minimum Gasteiger partial charge on any atom is -0.364 e. The molecule has 160 valence electrons. The fourth-order valence-electron chi connectivity index (χ4n) is 2.73. The molecule has 0 aliphatic heterocycles. The molecule has 2 aromatic carbocycles. The number of benzene rings is 2. The Kier molecular flexibility index (Phi) is 6.55. The molecule has 0 bridgehead atoms. The summed E-state index contributed by atoms with van der Waals surface area (Å²) in [7, 11) is -8.02. The highest BCUT2D eigenvalue weighted by atomic mass is 79.9. The number of aromatic amines is 1. The van der Waals surface area contributed by atoms with Gasteiger partial charge in [0.15, 0.2) is 0 Å². The van der Waals surface area contributed by atoms with Crippen LogP contribution in [0.25, 0.3) is 10.9 Å². The van der Waals surface area contributed by atoms with Gasteiger partial charge in [-0.15, -0.1) is 0 Å². The van der Waals surface area contributed by atoms with E-state index in [-0.39, 0.29) is 34.0 Å². The summed E-state index contributed by atoms with van der Waals surface area (Å²) in [4.78, 5) is 14.1. The van der Waals surface area contributed by atoms with Crippen molar-refractivity contribution >= 4 is 64.4 Å². The normalized spacial score (nSPS) is 12.3. The molecule has 0 unspecified atom stereocenters. The zero-order valence-corrected chi connectivity index (χ0v) is 19.1. The van der Waals surface area contributed by atoms with Crippen molar-refractivity contribution in [3.8, 4) is 0 Å². The summed E-state index contributed by atoms with van der Waals surface area (Å²) in [6.45, 7) is -0.476. The summed E-state index contributed by atoms with van der Waals surface area (Å²) in [5, 5.41) is 0.657. The number of primary amides is 1. The molecule has 3 aromatic rings. The van der Waals surface area contributed by atoms with Crippen LogP contribution < -0.4 is 15.2 Å². The molecule has 1 amide bonds. The zero-order chi connectivity index (χ0) is 22.1. The van der Waals surface area contributed by atoms with Crippen LogP contribution in [0.3, 0.4) is 0 Å². The van der Waals surface area contributed by atoms with Gasteiger partial charge in [0.05, 0.1) is 4.90 Å². The molecule has 0 spiro atoms. The van der Waals surface area contributed by atoms with Gasteiger partial charge >= 0.3 is 0 Å². The molecule has 1 aromatic heterocycles. The molecular weight excluding hydrogens is 520 g/mol. The van der Waals surface area contributed by atoms with Gasteiger partial charge in [-0.25, -0.2) is 26.3 Å². The Labute approximate surface area is 186 Å². The van der Waals surface area contributed by atoms with Crippen LogP contribution in [-0.4, -0.2) is 40.8 Å². The second-order valence-corrected chi connectivity index (χ2v) is 11.0. The summed E-state index contributed by atoms with van der Waals surface area (Å²) >= 11 is 9.01. The zero-order valence-electron chi connectivity index (χ0n) is 15.1. The van der Waals surface area contributed by atoms with Crippen LogP contribution in [0.4, 0.5) is 0 Å². The maximum Gasteiger partial charge on any atom is 0.266 e. The lowest BCUT2D eigenvalue weighted by Gasteiger charge is -2.09. The van der Waals surface area contributed by atoms with Crippen molar-refractivity contribution in [2.45, 2.75) is 9.79 Å². The number of nitrogens with two attached hydrogens (primary N) is 1. The third-order valence-electron chi connectivity index (χ3n) is 4.06. The van der Waals surface area contributed by atoms with Crippen molar-refractivity contribution in [2.24, 2.45) is 5.73 Å². The van der Waals surface area contributed by atoms with Gasteiger partial charge < -0.3 is 10.7 Å². The Morgan fingerprint density at radius 1 is 1.00 bits per heavy atom. The van der Waals surface area contributed by atoms with Crippen LogP contribution in [0.1, 0.15) is 10.5 Å². The average molecular weight is 536 g/mol. The van der Waals surface area contributed by atoms with Crippen LogP contribution in [0.2, 0.25) is 5.02 Å². The minimum atomic E-state index is -4.18. The molecule has 30 heavy (non-hydrogen) atoms. The van der Waals surface area contributed by atoms with E-state index in [9.17, 15) is 21.6 Å². The van der Waals surface area contributed by atoms with E-state index < -0.39 is 26.0 Å². The first-order chi connectivity index (χ1) is 14.0. The quantitative estimate of drug-likeness (QED) is 0.325. The maximum absolute atomic E-state index is 12.8. The highest BCUT2D eigenvalue weighted by molar-refractivity contribution is 9.10. The SMILES string of the molecule is NC(=O)c1[nH]c2ccc(Br)cc2c1S(=O)(=O)NCCNS(=O)(=O)c1ccc(Cl)cc1. The number of sulfonamides is 2. The Bertz CT molecular complexity index is 1320. The lowest BCUT2D eigenvalue weighted by Crippen LogP contribution is -2.35. The standard InChI is InChI=1S/C17H16BrClN4O5S2/c18-10-1-6-14-13(9-10)16(15(23-14)17(20)24)30(27,28)22-8-7-21-29(25,26)12-4-2-11(19)3-5-12/h1-6,9,21-23H,7-8H2,(H2,20,24). The molecule has 0 aliphatic rings. The minimum absolute atomic E-state index is 0.00718. The van der Waals surface area contributed by atoms with Gasteiger partial charge in [-0.2, -0.15) is 0 Å². The number of aromatic nitrogens is 1. The first kappa shape index (κ1) is 22.7. The van der Waals surface area contributed by atoms with E-state index in [2.05, 4.69) is 30.4 Å². The fraction of sp³-hybridized carbons (Fsp3) is 0.118. The Morgan fingerprint density at radius 3 is 2.20 bits per heavy atom. The largest absolute Gasteiger partial charge is 0.364 e. The van der Waals surface area contributed by atoms with Gasteiger partial charge in [0.1, 0.15) is 10.6 Å². The second kappa shape index (κ2) is 8.65. The summed E-state index contributed by atoms with van der Waals surface area (Å²) in [6, 6.07) is 10.3. The Morgan fingerprint density at radius 2 is 1.60 bits per heavy atom. The van der Waals surface area contributed by atoms with Gasteiger partial charge in [0, 0.05) is 33.5 Å². The number of H-pyrrole nitrogens is 1. The van der Waals surface area contributed by atoms with Crippen LogP contribution in [-0.2, 0) is 20.0 Å². The smallest absolute Gasteiger partial charge is 0.266 e. The topological polar surface area (TPSA) is 151 Å². The van der Waals surface area contributed by atoms with Gasteiger partial charge in [-0.1, -0.05) is 27.5 Å². The van der Waals surface area contributed by atoms with Gasteiger partial charge in [0.2, 0.25) is 20.0 Å². The van der Waals surface area contributed by atoms with Crippen molar-refractivity contribution in [1.82, 2.24) is 14.4 Å². The van der Waals surface area contributed by atoms with E-state index in [4.69, 9.17) is 17.3 Å². The van der Waals surface area contributed by atoms with Gasteiger partial charge in [-0.3, -0.25) is 4.79 Å². The molecule has 0 radical (unpaired) electrons. The van der Waals surface area contributed by atoms with Crippen LogP contribution in [0, 0.1) is 0 Å². The van der Waals surface area contributed by atoms with Crippen LogP contribution in [0.5, 0.6) is 0 Å². The number of hydrogen-bond donors (Lipinski definition) is 4. The first-order valence-corrected chi connectivity index (χ1v) is 12.5.